The molecule has 2 fully saturated rings. The molecule has 6 aromatic rings. The number of aromatic amines is 3. The fraction of sp³-hybridized carbons (Fsp3) is 0.500. The number of rotatable bonds is 24. The zero-order valence-electron chi connectivity index (χ0n) is 73.9. The van der Waals surface area contributed by atoms with E-state index >= 15 is 14.4 Å². The summed E-state index contributed by atoms with van der Waals surface area (Å²) >= 11 is 0.771. The first-order valence-electron chi connectivity index (χ1n) is 42.8. The van der Waals surface area contributed by atoms with E-state index in [1.54, 1.807) is 112 Å². The normalized spacial score (nSPS) is 23.7. The largest absolute Gasteiger partial charge is 0.394 e. The topological polar surface area (TPSA) is 641 Å². The molecule has 2 saturated heterocycles. The molecule has 5 heterocycles. The van der Waals surface area contributed by atoms with Crippen LogP contribution in [-0.4, -0.2) is 319 Å². The Balaban J connectivity index is 1.17. The van der Waals surface area contributed by atoms with Crippen LogP contribution in [0.15, 0.2) is 104 Å². The van der Waals surface area contributed by atoms with Crippen molar-refractivity contribution in [1.82, 2.24) is 103 Å². The van der Waals surface area contributed by atoms with Crippen LogP contribution in [0.3, 0.4) is 0 Å². The third kappa shape index (κ3) is 29.0. The van der Waals surface area contributed by atoms with Crippen molar-refractivity contribution in [3.05, 3.63) is 126 Å². The third-order valence-corrected chi connectivity index (χ3v) is 23.5. The minimum atomic E-state index is -1.90. The maximum atomic E-state index is 15.4. The van der Waals surface area contributed by atoms with E-state index in [2.05, 4.69) is 78.4 Å². The Kier molecular flexibility index (Phi) is 38.5. The number of primary amides is 2. The molecular formula is C86H120N24O19S. The number of aliphatic hydroxyl groups is 2. The molecule has 0 spiro atoms. The number of nitrogens with zero attached hydrogens (tertiary/aromatic N) is 6. The van der Waals surface area contributed by atoms with Gasteiger partial charge >= 0.3 is 0 Å². The van der Waals surface area contributed by atoms with E-state index in [0.29, 0.717) is 50.6 Å². The molecule has 0 bridgehead atoms. The van der Waals surface area contributed by atoms with Crippen molar-refractivity contribution in [2.45, 2.75) is 190 Å². The number of carbonyl (C=O) groups is 17. The van der Waals surface area contributed by atoms with E-state index in [4.69, 9.17) is 22.6 Å². The highest BCUT2D eigenvalue weighted by Crippen LogP contribution is 2.25. The van der Waals surface area contributed by atoms with E-state index < -0.39 is 229 Å². The lowest BCUT2D eigenvalue weighted by Gasteiger charge is -2.35. The number of hydrogen-bond acceptors (Lipinski definition) is 22. The first-order valence-corrected chi connectivity index (χ1v) is 44.0. The first-order chi connectivity index (χ1) is 61.9. The van der Waals surface area contributed by atoms with Gasteiger partial charge < -0.3 is 125 Å². The highest BCUT2D eigenvalue weighted by molar-refractivity contribution is 8.00. The summed E-state index contributed by atoms with van der Waals surface area (Å²) in [5.41, 5.74) is 19.8. The van der Waals surface area contributed by atoms with Gasteiger partial charge in [-0.3, -0.25) is 86.9 Å². The summed E-state index contributed by atoms with van der Waals surface area (Å²) in [7, 11) is 4.89. The molecule has 17 amide bonds. The van der Waals surface area contributed by atoms with Crippen LogP contribution in [0.4, 0.5) is 0 Å². The summed E-state index contributed by atoms with van der Waals surface area (Å²) in [5, 5.41) is 60.0. The number of amides is 17. The summed E-state index contributed by atoms with van der Waals surface area (Å²) in [4.78, 5) is 265. The highest BCUT2D eigenvalue weighted by atomic mass is 32.2. The average Bonchev–Trinajstić information content (AvgIpc) is 1.47. The van der Waals surface area contributed by atoms with Crippen LogP contribution in [0.5, 0.6) is 0 Å². The van der Waals surface area contributed by atoms with Gasteiger partial charge in [0.1, 0.15) is 78.5 Å². The maximum Gasteiger partial charge on any atom is 0.248 e. The van der Waals surface area contributed by atoms with E-state index in [1.165, 1.54) is 40.6 Å². The van der Waals surface area contributed by atoms with Crippen molar-refractivity contribution in [2.75, 3.05) is 79.1 Å². The molecule has 43 nitrogen and oxygen atoms in total. The van der Waals surface area contributed by atoms with Gasteiger partial charge in [-0.15, -0.1) is 11.8 Å². The number of fused-ring (bicyclic) bond motifs is 3. The van der Waals surface area contributed by atoms with Gasteiger partial charge in [0.2, 0.25) is 100 Å². The Morgan fingerprint density at radius 2 is 1.10 bits per heavy atom. The van der Waals surface area contributed by atoms with E-state index in [1.807, 2.05) is 0 Å². The fourth-order valence-corrected chi connectivity index (χ4v) is 16.1. The number of carbonyl (C=O) groups excluding carboxylic acids is 17. The fourth-order valence-electron chi connectivity index (χ4n) is 15.3. The van der Waals surface area contributed by atoms with Gasteiger partial charge in [0.15, 0.2) is 5.96 Å². The molecule has 23 N–H and O–H groups in total. The van der Waals surface area contributed by atoms with E-state index in [-0.39, 0.29) is 89.6 Å². The molecule has 0 radical (unpaired) electrons. The smallest absolute Gasteiger partial charge is 0.248 e. The number of aromatic nitrogens is 4. The lowest BCUT2D eigenvalue weighted by Crippen LogP contribution is -2.62. The van der Waals surface area contributed by atoms with Crippen LogP contribution >= 0.6 is 11.8 Å². The molecule has 130 heavy (non-hydrogen) atoms. The lowest BCUT2D eigenvalue weighted by atomic mass is 10.0. The number of unbranched alkanes of at least 4 members (excludes halogenated alkanes) is 1. The molecule has 0 aliphatic carbocycles. The SMILES string of the molecule is CCCC[C@H]1C(=O)N[C@@H](CCCNC(=N)N)C(=O)N[C@H](C(=O)NCC(N)=O)CSCC(=O)N[C@@H](Cc2ccccc2)C(=O)N(C)[C@@H](C)C(=O)N[C@@H](CC(N)=O)C(=O)N2CCC[C@H]2C(=O)N[C@@H](Cc2cnc[nH]2)C(=O)N[C@@H](CC(C)C)C(=O)N(C)CC(=O)N[C@@H](Cc2c[nH]c3ccccc23)C(=O)N[C@@H](CO)C(=O)N[C@@H](Cc2c[nH]c3ccccc23)C(=O)N(C)[C@@H](CO)C(=O)N1C. The summed E-state index contributed by atoms with van der Waals surface area (Å²) in [5.74, 6) is -18.0. The van der Waals surface area contributed by atoms with Crippen LogP contribution in [0.1, 0.15) is 108 Å². The molecule has 704 valence electrons. The van der Waals surface area contributed by atoms with E-state index in [0.717, 1.165) is 43.3 Å². The number of hydrogen-bond donors (Lipinski definition) is 20. The summed E-state index contributed by atoms with van der Waals surface area (Å²) in [6.45, 7) is 2.79. The average molecular weight is 1830 g/mol. The van der Waals surface area contributed by atoms with Crippen LogP contribution in [0.2, 0.25) is 0 Å². The summed E-state index contributed by atoms with van der Waals surface area (Å²) in [6.07, 6.45) is 4.62. The van der Waals surface area contributed by atoms with Crippen molar-refractivity contribution in [2.24, 2.45) is 23.1 Å². The number of aliphatic hydroxyl groups excluding tert-OH is 2. The molecular weight excluding hydrogens is 1710 g/mol. The van der Waals surface area contributed by atoms with Crippen LogP contribution < -0.4 is 75.7 Å². The zero-order valence-corrected chi connectivity index (χ0v) is 74.7. The number of nitrogens with two attached hydrogens (primary N) is 3. The van der Waals surface area contributed by atoms with Crippen LogP contribution in [0.25, 0.3) is 21.8 Å². The standard InChI is InChI=1S/C86H120N24O19S/c1-9-10-27-66-79(123)99-57(26-18-29-92-86(89)90)75(119)105-65(74(118)95-40-70(88)114)44-130-45-72(116)98-61(32-49-20-12-11-13-21-49)82(126)107(6)48(4)73(117)101-63(36-69(87)113)84(128)110-30-19-28-67(110)80(124)100-59(35-52-39-91-46-96-52)77(121)102-60(31-47(2)3)81(125)106(5)41-71(115)97-58(33-50-37-93-55-24-16-14-22-53(50)55)76(120)104-64(42-111)78(122)103-62(34-51-38-94-56-25-17-15-23-54(51)56)83(127)109(8)68(43-112)85(129)108(66)7/h11-17,20-25,37-39,46-48,57-68,93-94,111-112H,9-10,18-19,26-36,40-45H2,1-8H3,(H2,87,113)(H2,88,114)(H,91,96)(H,95,118)(H,97,115)(H,98,116)(H,99,123)(H,100,124)(H,101,117)(H,102,121)(H,103,122)(H,104,120)(H,105,119)(H4,89,90,92)/t48-,57-,58-,59-,60-,61-,62-,63-,64-,65-,66-,67-,68-/m0/s1. The number of likely N-dealkylation sites (N-methyl/N-ethyl adjacent to an activating group) is 4. The number of nitrogens with one attached hydrogen (secondary N) is 15. The lowest BCUT2D eigenvalue weighted by molar-refractivity contribution is -0.150. The Morgan fingerprint density at radius 1 is 0.546 bits per heavy atom. The van der Waals surface area contributed by atoms with Gasteiger partial charge in [-0.25, -0.2) is 4.98 Å². The highest BCUT2D eigenvalue weighted by Gasteiger charge is 2.44. The molecule has 2 aliphatic rings. The molecule has 8 rings (SSSR count). The van der Waals surface area contributed by atoms with Crippen molar-refractivity contribution in [3.63, 3.8) is 0 Å². The number of H-pyrrole nitrogens is 3. The molecule has 3 aromatic carbocycles. The number of benzene rings is 3. The minimum Gasteiger partial charge on any atom is -0.394 e. The molecule has 2 aliphatic heterocycles. The first kappa shape index (κ1) is 102. The number of para-hydroxylation sites is 2. The number of thioether (sulfide) groups is 1. The van der Waals surface area contributed by atoms with Crippen LogP contribution in [-0.2, 0) is 107 Å². The number of guanidine groups is 1. The summed E-state index contributed by atoms with van der Waals surface area (Å²) < 4.78 is 0. The minimum absolute atomic E-state index is 0.00810. The van der Waals surface area contributed by atoms with Gasteiger partial charge in [-0.05, 0) is 80.2 Å². The van der Waals surface area contributed by atoms with Gasteiger partial charge in [-0.1, -0.05) is 100 Å². The van der Waals surface area contributed by atoms with Crippen molar-refractivity contribution in [1.29, 1.82) is 5.41 Å². The predicted molar refractivity (Wildman–Crippen MR) is 477 cm³/mol. The zero-order chi connectivity index (χ0) is 95.2. The second kappa shape index (κ2) is 49.1. The van der Waals surface area contributed by atoms with Crippen molar-refractivity contribution < 1.29 is 91.7 Å². The van der Waals surface area contributed by atoms with Crippen LogP contribution in [0, 0.1) is 11.3 Å². The van der Waals surface area contributed by atoms with Crippen molar-refractivity contribution >= 4 is 140 Å². The maximum absolute atomic E-state index is 15.4. The van der Waals surface area contributed by atoms with Crippen molar-refractivity contribution in [3.8, 4) is 0 Å². The predicted octanol–water partition coefficient (Wildman–Crippen LogP) is -4.34. The molecule has 0 saturated carbocycles. The van der Waals surface area contributed by atoms with Gasteiger partial charge in [-0.2, -0.15) is 0 Å². The molecule has 44 heteroatoms. The molecule has 13 atom stereocenters. The molecule has 0 unspecified atom stereocenters. The third-order valence-electron chi connectivity index (χ3n) is 22.5. The molecule has 3 aromatic heterocycles. The van der Waals surface area contributed by atoms with Gasteiger partial charge in [0.05, 0.1) is 44.8 Å². The van der Waals surface area contributed by atoms with Gasteiger partial charge in [0.25, 0.3) is 0 Å². The number of imidazole rings is 1. The summed E-state index contributed by atoms with van der Waals surface area (Å²) in [6, 6.07) is 1.73. The van der Waals surface area contributed by atoms with Gasteiger partial charge in [0, 0.05) is 119 Å². The monoisotopic (exact) mass is 1820 g/mol. The Labute approximate surface area is 754 Å². The Morgan fingerprint density at radius 3 is 1.70 bits per heavy atom. The second-order valence-corrected chi connectivity index (χ2v) is 33.7. The quantitative estimate of drug-likeness (QED) is 0.0155. The Hall–Kier alpha value is -13.5. The van der Waals surface area contributed by atoms with E-state index in [9.17, 15) is 77.3 Å². The second-order valence-electron chi connectivity index (χ2n) is 32.7. The Bertz CT molecular complexity index is 5010.